The molecule has 3 rings (SSSR count). The second-order valence-electron chi connectivity index (χ2n) is 6.02. The zero-order valence-corrected chi connectivity index (χ0v) is 14.3. The van der Waals surface area contributed by atoms with E-state index in [4.69, 9.17) is 9.15 Å². The molecule has 2 aromatic rings. The number of esters is 2. The molecule has 1 aromatic carbocycles. The van der Waals surface area contributed by atoms with Gasteiger partial charge in [-0.15, -0.1) is 0 Å². The Bertz CT molecular complexity index is 773. The number of methoxy groups -OCH3 is 1. The summed E-state index contributed by atoms with van der Waals surface area (Å²) in [6.45, 7) is 0.982. The lowest BCUT2D eigenvalue weighted by Crippen LogP contribution is -2.41. The molecule has 136 valence electrons. The monoisotopic (exact) mass is 357 g/mol. The molecule has 1 aliphatic rings. The lowest BCUT2D eigenvalue weighted by Gasteiger charge is -2.30. The normalized spacial score (nSPS) is 14.7. The van der Waals surface area contributed by atoms with E-state index in [1.54, 1.807) is 35.2 Å². The van der Waals surface area contributed by atoms with Crippen molar-refractivity contribution in [2.24, 2.45) is 5.92 Å². The lowest BCUT2D eigenvalue weighted by molar-refractivity contribution is -0.140. The van der Waals surface area contributed by atoms with E-state index in [1.165, 1.54) is 19.6 Å². The Morgan fingerprint density at radius 1 is 1.04 bits per heavy atom. The fourth-order valence-corrected chi connectivity index (χ4v) is 2.86. The highest BCUT2D eigenvalue weighted by Crippen LogP contribution is 2.22. The van der Waals surface area contributed by atoms with Crippen molar-refractivity contribution in [2.75, 3.05) is 20.2 Å². The largest absolute Gasteiger partial charge is 0.472 e. The number of rotatable bonds is 4. The number of amides is 1. The van der Waals surface area contributed by atoms with Crippen LogP contribution in [-0.4, -0.2) is 42.9 Å². The van der Waals surface area contributed by atoms with Crippen molar-refractivity contribution in [1.29, 1.82) is 0 Å². The van der Waals surface area contributed by atoms with Gasteiger partial charge in [0.1, 0.15) is 12.0 Å². The van der Waals surface area contributed by atoms with Gasteiger partial charge < -0.3 is 18.8 Å². The number of likely N-dealkylation sites (tertiary alicyclic amines) is 1. The van der Waals surface area contributed by atoms with Gasteiger partial charge in [-0.1, -0.05) is 0 Å². The minimum absolute atomic E-state index is 0.0935. The van der Waals surface area contributed by atoms with Crippen LogP contribution < -0.4 is 4.74 Å². The Hall–Kier alpha value is -3.09. The van der Waals surface area contributed by atoms with Gasteiger partial charge in [0.15, 0.2) is 0 Å². The van der Waals surface area contributed by atoms with E-state index in [0.717, 1.165) is 0 Å². The third kappa shape index (κ3) is 3.93. The van der Waals surface area contributed by atoms with E-state index < -0.39 is 5.97 Å². The minimum Gasteiger partial charge on any atom is -0.472 e. The second kappa shape index (κ2) is 7.86. The molecule has 1 amide bonds. The number of carbonyl (C=O) groups is 3. The summed E-state index contributed by atoms with van der Waals surface area (Å²) in [6, 6.07) is 7.82. The molecule has 1 saturated heterocycles. The predicted octanol–water partition coefficient (Wildman–Crippen LogP) is 2.52. The van der Waals surface area contributed by atoms with Gasteiger partial charge in [-0.25, -0.2) is 4.79 Å². The Labute approximate surface area is 150 Å². The first kappa shape index (κ1) is 17.7. The molecule has 2 heterocycles. The molecule has 0 N–H and O–H groups in total. The smallest absolute Gasteiger partial charge is 0.337 e. The maximum Gasteiger partial charge on any atom is 0.337 e. The molecule has 1 aromatic heterocycles. The van der Waals surface area contributed by atoms with Crippen molar-refractivity contribution in [3.05, 3.63) is 54.0 Å². The number of ether oxygens (including phenoxy) is 2. The number of piperidine rings is 1. The molecule has 0 radical (unpaired) electrons. The quantitative estimate of drug-likeness (QED) is 0.617. The van der Waals surface area contributed by atoms with Crippen molar-refractivity contribution in [1.82, 2.24) is 4.90 Å². The molecule has 1 aliphatic heterocycles. The van der Waals surface area contributed by atoms with Crippen molar-refractivity contribution >= 4 is 17.8 Å². The molecule has 1 fully saturated rings. The zero-order chi connectivity index (χ0) is 18.5. The van der Waals surface area contributed by atoms with Crippen LogP contribution in [0.3, 0.4) is 0 Å². The van der Waals surface area contributed by atoms with Crippen LogP contribution in [0.1, 0.15) is 33.6 Å². The van der Waals surface area contributed by atoms with Crippen LogP contribution in [0.25, 0.3) is 0 Å². The fourth-order valence-electron chi connectivity index (χ4n) is 2.86. The van der Waals surface area contributed by atoms with E-state index in [1.807, 2.05) is 0 Å². The third-order valence-electron chi connectivity index (χ3n) is 4.38. The number of hydrogen-bond donors (Lipinski definition) is 0. The molecule has 0 aliphatic carbocycles. The number of hydrogen-bond acceptors (Lipinski definition) is 6. The molecule has 0 unspecified atom stereocenters. The lowest BCUT2D eigenvalue weighted by atomic mass is 9.96. The van der Waals surface area contributed by atoms with Crippen molar-refractivity contribution in [2.45, 2.75) is 12.8 Å². The Morgan fingerprint density at radius 2 is 1.73 bits per heavy atom. The average Bonchev–Trinajstić information content (AvgIpc) is 3.22. The van der Waals surface area contributed by atoms with Gasteiger partial charge in [-0.05, 0) is 43.2 Å². The minimum atomic E-state index is -0.447. The molecule has 0 atom stereocenters. The van der Waals surface area contributed by atoms with Crippen LogP contribution in [0.15, 0.2) is 47.3 Å². The molecule has 7 nitrogen and oxygen atoms in total. The third-order valence-corrected chi connectivity index (χ3v) is 4.38. The number of nitrogens with zero attached hydrogens (tertiary/aromatic N) is 1. The van der Waals surface area contributed by atoms with Gasteiger partial charge in [0, 0.05) is 13.1 Å². The van der Waals surface area contributed by atoms with Crippen LogP contribution in [-0.2, 0) is 9.53 Å². The summed E-state index contributed by atoms with van der Waals surface area (Å²) in [7, 11) is 1.31. The standard InChI is InChI=1S/C19H19NO6/c1-24-18(22)13-2-4-16(5-3-13)26-19(23)14-6-9-20(10-7-14)17(21)15-8-11-25-12-15/h2-5,8,11-12,14H,6-7,9-10H2,1H3. The van der Waals surface area contributed by atoms with Crippen LogP contribution in [0, 0.1) is 5.92 Å². The van der Waals surface area contributed by atoms with E-state index in [-0.39, 0.29) is 17.8 Å². The maximum atomic E-state index is 12.3. The first-order chi connectivity index (χ1) is 12.6. The van der Waals surface area contributed by atoms with Gasteiger partial charge in [0.2, 0.25) is 0 Å². The topological polar surface area (TPSA) is 86.0 Å². The molecule has 7 heteroatoms. The van der Waals surface area contributed by atoms with Gasteiger partial charge >= 0.3 is 11.9 Å². The molecular formula is C19H19NO6. The molecule has 0 saturated carbocycles. The van der Waals surface area contributed by atoms with Crippen LogP contribution in [0.2, 0.25) is 0 Å². The summed E-state index contributed by atoms with van der Waals surface area (Å²) >= 11 is 0. The van der Waals surface area contributed by atoms with E-state index >= 15 is 0 Å². The molecule has 0 bridgehead atoms. The van der Waals surface area contributed by atoms with Crippen LogP contribution in [0.5, 0.6) is 5.75 Å². The van der Waals surface area contributed by atoms with Crippen molar-refractivity contribution < 1.29 is 28.3 Å². The van der Waals surface area contributed by atoms with E-state index in [2.05, 4.69) is 4.74 Å². The van der Waals surface area contributed by atoms with E-state index in [0.29, 0.717) is 42.8 Å². The van der Waals surface area contributed by atoms with Crippen molar-refractivity contribution in [3.8, 4) is 5.75 Å². The Morgan fingerprint density at radius 3 is 2.31 bits per heavy atom. The summed E-state index contributed by atoms with van der Waals surface area (Å²) in [5, 5.41) is 0. The molecular weight excluding hydrogens is 338 g/mol. The first-order valence-electron chi connectivity index (χ1n) is 8.30. The average molecular weight is 357 g/mol. The number of furan rings is 1. The second-order valence-corrected chi connectivity index (χ2v) is 6.02. The molecule has 0 spiro atoms. The van der Waals surface area contributed by atoms with Crippen LogP contribution in [0.4, 0.5) is 0 Å². The number of carbonyl (C=O) groups excluding carboxylic acids is 3. The number of benzene rings is 1. The molecule has 26 heavy (non-hydrogen) atoms. The summed E-state index contributed by atoms with van der Waals surface area (Å²) in [4.78, 5) is 37.7. The predicted molar refractivity (Wildman–Crippen MR) is 90.8 cm³/mol. The highest BCUT2D eigenvalue weighted by molar-refractivity contribution is 5.94. The van der Waals surface area contributed by atoms with Crippen molar-refractivity contribution in [3.63, 3.8) is 0 Å². The van der Waals surface area contributed by atoms with Crippen LogP contribution >= 0.6 is 0 Å². The summed E-state index contributed by atoms with van der Waals surface area (Å²) in [5.41, 5.74) is 0.898. The summed E-state index contributed by atoms with van der Waals surface area (Å²) in [6.07, 6.45) is 3.97. The summed E-state index contributed by atoms with van der Waals surface area (Å²) < 4.78 is 14.9. The van der Waals surface area contributed by atoms with Gasteiger partial charge in [-0.2, -0.15) is 0 Å². The fraction of sp³-hybridized carbons (Fsp3) is 0.316. The van der Waals surface area contributed by atoms with Gasteiger partial charge in [0.05, 0.1) is 30.4 Å². The van der Waals surface area contributed by atoms with Gasteiger partial charge in [0.25, 0.3) is 5.91 Å². The highest BCUT2D eigenvalue weighted by Gasteiger charge is 2.29. The van der Waals surface area contributed by atoms with E-state index in [9.17, 15) is 14.4 Å². The maximum absolute atomic E-state index is 12.3. The Balaban J connectivity index is 1.52. The SMILES string of the molecule is COC(=O)c1ccc(OC(=O)C2CCN(C(=O)c3ccoc3)CC2)cc1. The summed E-state index contributed by atoms with van der Waals surface area (Å²) in [5.74, 6) is -0.754. The first-order valence-corrected chi connectivity index (χ1v) is 8.30. The highest BCUT2D eigenvalue weighted by atomic mass is 16.5. The zero-order valence-electron chi connectivity index (χ0n) is 14.3. The van der Waals surface area contributed by atoms with Gasteiger partial charge in [-0.3, -0.25) is 9.59 Å². The Kier molecular flexibility index (Phi) is 5.36.